The molecule has 0 radical (unpaired) electrons. The Labute approximate surface area is 111 Å². The highest BCUT2D eigenvalue weighted by atomic mass is 35.5. The van der Waals surface area contributed by atoms with Crippen molar-refractivity contribution in [2.24, 2.45) is 5.41 Å². The largest absolute Gasteiger partial charge is 0.243 e. The second-order valence-electron chi connectivity index (χ2n) is 5.14. The van der Waals surface area contributed by atoms with Crippen LogP contribution in [0.15, 0.2) is 16.3 Å². The summed E-state index contributed by atoms with van der Waals surface area (Å²) in [5.74, 6) is 0.367. The van der Waals surface area contributed by atoms with Crippen LogP contribution in [0.4, 0.5) is 0 Å². The maximum absolute atomic E-state index is 12.3. The molecular formula is C11H16ClNO2S2. The molecule has 0 N–H and O–H groups in total. The second kappa shape index (κ2) is 4.53. The van der Waals surface area contributed by atoms with Crippen LogP contribution in [-0.2, 0) is 15.9 Å². The van der Waals surface area contributed by atoms with Crippen LogP contribution in [0.1, 0.15) is 25.1 Å². The predicted octanol–water partition coefficient (Wildman–Crippen LogP) is 2.91. The molecule has 17 heavy (non-hydrogen) atoms. The molecule has 0 atom stereocenters. The van der Waals surface area contributed by atoms with Crippen LogP contribution in [0.3, 0.4) is 0 Å². The highest BCUT2D eigenvalue weighted by molar-refractivity contribution is 7.89. The number of hydrogen-bond donors (Lipinski definition) is 0. The number of alkyl halides is 1. The van der Waals surface area contributed by atoms with E-state index < -0.39 is 10.0 Å². The molecule has 0 spiro atoms. The monoisotopic (exact) mass is 293 g/mol. The molecule has 0 aromatic carbocycles. The van der Waals surface area contributed by atoms with E-state index in [1.54, 1.807) is 15.8 Å². The van der Waals surface area contributed by atoms with Gasteiger partial charge in [0.05, 0.1) is 10.8 Å². The summed E-state index contributed by atoms with van der Waals surface area (Å²) in [6, 6.07) is 1.68. The Morgan fingerprint density at radius 3 is 2.71 bits per heavy atom. The Kier molecular flexibility index (Phi) is 3.56. The van der Waals surface area contributed by atoms with Crippen molar-refractivity contribution in [2.75, 3.05) is 13.1 Å². The minimum Gasteiger partial charge on any atom is -0.207 e. The number of halogens is 1. The first-order valence-corrected chi connectivity index (χ1v) is 8.34. The van der Waals surface area contributed by atoms with Crippen molar-refractivity contribution in [3.8, 4) is 0 Å². The summed E-state index contributed by atoms with van der Waals surface area (Å²) in [4.78, 5) is 1.28. The summed E-state index contributed by atoms with van der Waals surface area (Å²) >= 11 is 7.09. The van der Waals surface area contributed by atoms with Crippen molar-refractivity contribution in [1.82, 2.24) is 4.31 Å². The maximum Gasteiger partial charge on any atom is 0.243 e. The molecule has 1 aromatic heterocycles. The molecule has 2 heterocycles. The van der Waals surface area contributed by atoms with Crippen molar-refractivity contribution >= 4 is 33.0 Å². The highest BCUT2D eigenvalue weighted by Gasteiger charge is 2.37. The Balaban J connectivity index is 2.25. The second-order valence-corrected chi connectivity index (χ2v) is 8.34. The summed E-state index contributed by atoms with van der Waals surface area (Å²) in [7, 11) is -3.31. The van der Waals surface area contributed by atoms with E-state index in [1.165, 1.54) is 11.3 Å². The molecule has 0 aliphatic carbocycles. The molecule has 1 fully saturated rings. The van der Waals surface area contributed by atoms with Gasteiger partial charge in [0.15, 0.2) is 0 Å². The van der Waals surface area contributed by atoms with Gasteiger partial charge in [0.1, 0.15) is 0 Å². The minimum absolute atomic E-state index is 0.0818. The van der Waals surface area contributed by atoms with E-state index >= 15 is 0 Å². The fraction of sp³-hybridized carbons (Fsp3) is 0.636. The zero-order chi connectivity index (χ0) is 12.7. The van der Waals surface area contributed by atoms with E-state index in [-0.39, 0.29) is 5.41 Å². The SMILES string of the molecule is CC1(C)CCN(S(=O)(=O)c2csc(CCl)c2)C1. The van der Waals surface area contributed by atoms with Gasteiger partial charge in [0.2, 0.25) is 10.0 Å². The third-order valence-corrected chi connectivity index (χ3v) is 6.40. The van der Waals surface area contributed by atoms with Gasteiger partial charge in [-0.3, -0.25) is 0 Å². The van der Waals surface area contributed by atoms with Gasteiger partial charge in [-0.1, -0.05) is 13.8 Å². The molecule has 96 valence electrons. The molecule has 2 rings (SSSR count). The lowest BCUT2D eigenvalue weighted by atomic mass is 9.93. The molecule has 1 aliphatic rings. The lowest BCUT2D eigenvalue weighted by Crippen LogP contribution is -2.30. The van der Waals surface area contributed by atoms with Crippen LogP contribution in [-0.4, -0.2) is 25.8 Å². The summed E-state index contributed by atoms with van der Waals surface area (Å²) in [5, 5.41) is 1.68. The number of sulfonamides is 1. The van der Waals surface area contributed by atoms with E-state index in [9.17, 15) is 8.42 Å². The van der Waals surface area contributed by atoms with Gasteiger partial charge in [0, 0.05) is 23.3 Å². The first kappa shape index (κ1) is 13.3. The molecule has 0 amide bonds. The van der Waals surface area contributed by atoms with E-state index in [4.69, 9.17) is 11.6 Å². The fourth-order valence-electron chi connectivity index (χ4n) is 1.98. The summed E-state index contributed by atoms with van der Waals surface area (Å²) in [6.45, 7) is 5.41. The van der Waals surface area contributed by atoms with Crippen molar-refractivity contribution in [3.05, 3.63) is 16.3 Å². The van der Waals surface area contributed by atoms with Gasteiger partial charge in [-0.15, -0.1) is 22.9 Å². The minimum atomic E-state index is -3.31. The van der Waals surface area contributed by atoms with Gasteiger partial charge in [-0.05, 0) is 17.9 Å². The normalized spacial score (nSPS) is 20.9. The van der Waals surface area contributed by atoms with E-state index in [0.717, 1.165) is 11.3 Å². The van der Waals surface area contributed by atoms with Crippen LogP contribution >= 0.6 is 22.9 Å². The Morgan fingerprint density at radius 1 is 1.53 bits per heavy atom. The highest BCUT2D eigenvalue weighted by Crippen LogP contribution is 2.33. The van der Waals surface area contributed by atoms with Crippen LogP contribution < -0.4 is 0 Å². The van der Waals surface area contributed by atoms with Crippen LogP contribution in [0, 0.1) is 5.41 Å². The topological polar surface area (TPSA) is 37.4 Å². The smallest absolute Gasteiger partial charge is 0.207 e. The molecule has 1 saturated heterocycles. The summed E-state index contributed by atoms with van der Waals surface area (Å²) in [5.41, 5.74) is 0.0818. The summed E-state index contributed by atoms with van der Waals surface area (Å²) in [6.07, 6.45) is 0.915. The maximum atomic E-state index is 12.3. The predicted molar refractivity (Wildman–Crippen MR) is 71.0 cm³/mol. The van der Waals surface area contributed by atoms with Crippen LogP contribution in [0.5, 0.6) is 0 Å². The number of rotatable bonds is 3. The Hall–Kier alpha value is -0.100. The average molecular weight is 294 g/mol. The third-order valence-electron chi connectivity index (χ3n) is 3.04. The van der Waals surface area contributed by atoms with Gasteiger partial charge in [0.25, 0.3) is 0 Å². The lowest BCUT2D eigenvalue weighted by Gasteiger charge is -2.19. The quantitative estimate of drug-likeness (QED) is 0.804. The zero-order valence-corrected chi connectivity index (χ0v) is 12.3. The van der Waals surface area contributed by atoms with Crippen LogP contribution in [0.2, 0.25) is 0 Å². The molecular weight excluding hydrogens is 278 g/mol. The third kappa shape index (κ3) is 2.67. The standard InChI is InChI=1S/C11H16ClNO2S2/c1-11(2)3-4-13(8-11)17(14,15)10-5-9(6-12)16-7-10/h5,7H,3-4,6,8H2,1-2H3. The van der Waals surface area contributed by atoms with Crippen molar-refractivity contribution in [2.45, 2.75) is 31.0 Å². The van der Waals surface area contributed by atoms with Crippen molar-refractivity contribution in [1.29, 1.82) is 0 Å². The molecule has 0 bridgehead atoms. The van der Waals surface area contributed by atoms with Gasteiger partial charge < -0.3 is 0 Å². The van der Waals surface area contributed by atoms with Crippen molar-refractivity contribution < 1.29 is 8.42 Å². The Bertz CT molecular complexity index is 507. The number of thiophene rings is 1. The number of hydrogen-bond acceptors (Lipinski definition) is 3. The lowest BCUT2D eigenvalue weighted by molar-refractivity contribution is 0.375. The van der Waals surface area contributed by atoms with E-state index in [0.29, 0.717) is 23.9 Å². The molecule has 1 aliphatic heterocycles. The molecule has 0 saturated carbocycles. The van der Waals surface area contributed by atoms with Crippen molar-refractivity contribution in [3.63, 3.8) is 0 Å². The van der Waals surface area contributed by atoms with Gasteiger partial charge in [-0.25, -0.2) is 8.42 Å². The number of nitrogens with zero attached hydrogens (tertiary/aromatic N) is 1. The van der Waals surface area contributed by atoms with Gasteiger partial charge >= 0.3 is 0 Å². The first-order valence-electron chi connectivity index (χ1n) is 5.49. The molecule has 3 nitrogen and oxygen atoms in total. The zero-order valence-electron chi connectivity index (χ0n) is 9.94. The first-order chi connectivity index (χ1) is 7.85. The van der Waals surface area contributed by atoms with E-state index in [1.807, 2.05) is 0 Å². The Morgan fingerprint density at radius 2 is 2.24 bits per heavy atom. The fourth-order valence-corrected chi connectivity index (χ4v) is 4.99. The molecule has 0 unspecified atom stereocenters. The molecule has 6 heteroatoms. The molecule has 1 aromatic rings. The van der Waals surface area contributed by atoms with E-state index in [2.05, 4.69) is 13.8 Å². The van der Waals surface area contributed by atoms with Crippen LogP contribution in [0.25, 0.3) is 0 Å². The average Bonchev–Trinajstić information content (AvgIpc) is 2.84. The summed E-state index contributed by atoms with van der Waals surface area (Å²) < 4.78 is 26.3. The van der Waals surface area contributed by atoms with Gasteiger partial charge in [-0.2, -0.15) is 4.31 Å².